The van der Waals surface area contributed by atoms with E-state index in [2.05, 4.69) is 10.1 Å². The molecule has 1 aromatic heterocycles. The van der Waals surface area contributed by atoms with E-state index < -0.39 is 11.4 Å². The van der Waals surface area contributed by atoms with Gasteiger partial charge in [0.1, 0.15) is 12.2 Å². The first-order valence-electron chi connectivity index (χ1n) is 5.39. The maximum atomic E-state index is 11.3. The lowest BCUT2D eigenvalue weighted by atomic mass is 9.81. The molecule has 0 saturated heterocycles. The molecule has 1 atom stereocenters. The summed E-state index contributed by atoms with van der Waals surface area (Å²) in [5, 5.41) is 13.3. The Labute approximate surface area is 94.5 Å². The number of aliphatic carboxylic acids is 1. The van der Waals surface area contributed by atoms with Gasteiger partial charge in [-0.3, -0.25) is 9.48 Å². The van der Waals surface area contributed by atoms with Crippen LogP contribution in [0.3, 0.4) is 0 Å². The summed E-state index contributed by atoms with van der Waals surface area (Å²) in [5.41, 5.74) is 4.66. The Balaban J connectivity index is 2.96. The van der Waals surface area contributed by atoms with E-state index >= 15 is 0 Å². The van der Waals surface area contributed by atoms with Crippen LogP contribution in [-0.2, 0) is 17.8 Å². The molecule has 1 aromatic rings. The maximum Gasteiger partial charge on any atom is 0.311 e. The predicted octanol–water partition coefficient (Wildman–Crippen LogP) is 0.280. The van der Waals surface area contributed by atoms with Crippen molar-refractivity contribution in [3.05, 3.63) is 12.2 Å². The van der Waals surface area contributed by atoms with Crippen LogP contribution in [0.5, 0.6) is 0 Å². The minimum absolute atomic E-state index is 0.107. The zero-order valence-corrected chi connectivity index (χ0v) is 9.68. The number of nitrogens with zero attached hydrogens (tertiary/aromatic N) is 3. The molecule has 0 aromatic carbocycles. The van der Waals surface area contributed by atoms with Gasteiger partial charge in [0, 0.05) is 19.5 Å². The van der Waals surface area contributed by atoms with E-state index in [4.69, 9.17) is 5.73 Å². The Hall–Kier alpha value is -1.43. The minimum atomic E-state index is -0.931. The van der Waals surface area contributed by atoms with E-state index in [9.17, 15) is 9.90 Å². The van der Waals surface area contributed by atoms with Crippen LogP contribution >= 0.6 is 0 Å². The minimum Gasteiger partial charge on any atom is -0.481 e. The predicted molar refractivity (Wildman–Crippen MR) is 58.8 cm³/mol. The summed E-state index contributed by atoms with van der Waals surface area (Å²) in [6, 6.07) is 0. The molecule has 6 nitrogen and oxygen atoms in total. The van der Waals surface area contributed by atoms with Crippen LogP contribution < -0.4 is 5.73 Å². The van der Waals surface area contributed by atoms with Gasteiger partial charge >= 0.3 is 5.97 Å². The van der Waals surface area contributed by atoms with Crippen LogP contribution in [0.1, 0.15) is 26.1 Å². The molecule has 0 fully saturated rings. The summed E-state index contributed by atoms with van der Waals surface area (Å²) in [5.74, 6) is -0.194. The van der Waals surface area contributed by atoms with Crippen molar-refractivity contribution < 1.29 is 9.90 Å². The smallest absolute Gasteiger partial charge is 0.311 e. The van der Waals surface area contributed by atoms with E-state index in [1.807, 2.05) is 13.8 Å². The van der Waals surface area contributed by atoms with Crippen molar-refractivity contribution in [1.82, 2.24) is 14.8 Å². The Bertz CT molecular complexity index is 357. The van der Waals surface area contributed by atoms with Gasteiger partial charge in [0.25, 0.3) is 0 Å². The van der Waals surface area contributed by atoms with Crippen molar-refractivity contribution in [3.63, 3.8) is 0 Å². The molecule has 0 aliphatic rings. The third-order valence-electron chi connectivity index (χ3n) is 3.01. The fraction of sp³-hybridized carbons (Fsp3) is 0.700. The standard InChI is InChI=1S/C10H18N4O2/c1-3-10(6-11,9(15)16)5-8-12-7-13-14(8)4-2/h7H,3-6,11H2,1-2H3,(H,15,16). The zero-order valence-electron chi connectivity index (χ0n) is 9.68. The Kier molecular flexibility index (Phi) is 4.00. The van der Waals surface area contributed by atoms with E-state index in [-0.39, 0.29) is 6.54 Å². The van der Waals surface area contributed by atoms with Crippen molar-refractivity contribution in [2.75, 3.05) is 6.54 Å². The number of carbonyl (C=O) groups is 1. The summed E-state index contributed by atoms with van der Waals surface area (Å²) in [6.45, 7) is 4.55. The van der Waals surface area contributed by atoms with E-state index in [1.54, 1.807) is 4.68 Å². The van der Waals surface area contributed by atoms with Crippen molar-refractivity contribution in [3.8, 4) is 0 Å². The first-order valence-corrected chi connectivity index (χ1v) is 5.39. The SMILES string of the molecule is CCn1ncnc1CC(CC)(CN)C(=O)O. The number of nitrogens with two attached hydrogens (primary N) is 1. The summed E-state index contributed by atoms with van der Waals surface area (Å²) >= 11 is 0. The highest BCUT2D eigenvalue weighted by Gasteiger charge is 2.36. The van der Waals surface area contributed by atoms with Crippen LogP contribution in [-0.4, -0.2) is 32.4 Å². The molecule has 0 amide bonds. The van der Waals surface area contributed by atoms with Crippen LogP contribution in [0.25, 0.3) is 0 Å². The number of carboxylic acid groups (broad SMARTS) is 1. The second-order valence-electron chi connectivity index (χ2n) is 3.81. The van der Waals surface area contributed by atoms with Gasteiger partial charge in [-0.2, -0.15) is 5.10 Å². The monoisotopic (exact) mass is 226 g/mol. The summed E-state index contributed by atoms with van der Waals surface area (Å²) in [7, 11) is 0. The summed E-state index contributed by atoms with van der Waals surface area (Å²) in [6.07, 6.45) is 2.25. The molecule has 3 N–H and O–H groups in total. The van der Waals surface area contributed by atoms with Gasteiger partial charge < -0.3 is 10.8 Å². The molecule has 0 saturated carbocycles. The Morgan fingerprint density at radius 2 is 2.31 bits per heavy atom. The first-order chi connectivity index (χ1) is 7.59. The van der Waals surface area contributed by atoms with Gasteiger partial charge in [0.15, 0.2) is 0 Å². The van der Waals surface area contributed by atoms with Gasteiger partial charge in [-0.05, 0) is 13.3 Å². The second kappa shape index (κ2) is 5.07. The number of hydrogen-bond donors (Lipinski definition) is 2. The van der Waals surface area contributed by atoms with Crippen molar-refractivity contribution in [2.45, 2.75) is 33.2 Å². The van der Waals surface area contributed by atoms with Gasteiger partial charge in [0.05, 0.1) is 5.41 Å². The molecular weight excluding hydrogens is 208 g/mol. The zero-order chi connectivity index (χ0) is 12.2. The highest BCUT2D eigenvalue weighted by atomic mass is 16.4. The van der Waals surface area contributed by atoms with Crippen molar-refractivity contribution >= 4 is 5.97 Å². The third kappa shape index (κ3) is 2.21. The number of aryl methyl sites for hydroxylation is 1. The van der Waals surface area contributed by atoms with Crippen molar-refractivity contribution in [1.29, 1.82) is 0 Å². The highest BCUT2D eigenvalue weighted by Crippen LogP contribution is 2.25. The molecule has 16 heavy (non-hydrogen) atoms. The molecule has 1 heterocycles. The van der Waals surface area contributed by atoms with E-state index in [1.165, 1.54) is 6.33 Å². The van der Waals surface area contributed by atoms with Crippen LogP contribution in [0.4, 0.5) is 0 Å². The van der Waals surface area contributed by atoms with Gasteiger partial charge in [-0.15, -0.1) is 0 Å². The maximum absolute atomic E-state index is 11.3. The average Bonchev–Trinajstić information content (AvgIpc) is 2.72. The number of hydrogen-bond acceptors (Lipinski definition) is 4. The third-order valence-corrected chi connectivity index (χ3v) is 3.01. The van der Waals surface area contributed by atoms with Crippen LogP contribution in [0, 0.1) is 5.41 Å². The van der Waals surface area contributed by atoms with Gasteiger partial charge in [0.2, 0.25) is 0 Å². The lowest BCUT2D eigenvalue weighted by Crippen LogP contribution is -2.40. The highest BCUT2D eigenvalue weighted by molar-refractivity contribution is 5.75. The molecular formula is C10H18N4O2. The first kappa shape index (κ1) is 12.6. The van der Waals surface area contributed by atoms with Crippen LogP contribution in [0.15, 0.2) is 6.33 Å². The normalized spacial score (nSPS) is 14.7. The number of rotatable bonds is 6. The second-order valence-corrected chi connectivity index (χ2v) is 3.81. The van der Waals surface area contributed by atoms with Crippen molar-refractivity contribution in [2.24, 2.45) is 11.1 Å². The van der Waals surface area contributed by atoms with Gasteiger partial charge in [-0.1, -0.05) is 6.92 Å². The molecule has 0 radical (unpaired) electrons. The topological polar surface area (TPSA) is 94.0 Å². The molecule has 0 aliphatic carbocycles. The summed E-state index contributed by atoms with van der Waals surface area (Å²) < 4.78 is 1.70. The molecule has 1 rings (SSSR count). The Morgan fingerprint density at radius 1 is 1.62 bits per heavy atom. The van der Waals surface area contributed by atoms with Crippen LogP contribution in [0.2, 0.25) is 0 Å². The van der Waals surface area contributed by atoms with E-state index in [0.29, 0.717) is 25.2 Å². The van der Waals surface area contributed by atoms with E-state index in [0.717, 1.165) is 0 Å². The molecule has 90 valence electrons. The molecule has 6 heteroatoms. The number of carboxylic acids is 1. The van der Waals surface area contributed by atoms with Gasteiger partial charge in [-0.25, -0.2) is 4.98 Å². The quantitative estimate of drug-likeness (QED) is 0.726. The lowest BCUT2D eigenvalue weighted by molar-refractivity contribution is -0.148. The summed E-state index contributed by atoms with van der Waals surface area (Å²) in [4.78, 5) is 15.4. The molecule has 0 spiro atoms. The molecule has 0 bridgehead atoms. The Morgan fingerprint density at radius 3 is 2.75 bits per heavy atom. The average molecular weight is 226 g/mol. The molecule has 1 unspecified atom stereocenters. The lowest BCUT2D eigenvalue weighted by Gasteiger charge is -2.25. The largest absolute Gasteiger partial charge is 0.481 e. The molecule has 0 aliphatic heterocycles. The fourth-order valence-electron chi connectivity index (χ4n) is 1.65. The fourth-order valence-corrected chi connectivity index (χ4v) is 1.65. The number of aromatic nitrogens is 3.